The standard InChI is InChI=1S/C18H18ClFN2O5S/c1-28(24,25)22(12-6-7-15(20)14(19)8-12)10-18(23)21-9-13-11-26-16-4-2-3-5-17(16)27-13/h2-8,13H,9-11H2,1H3,(H,21,23)/t13-/m0/s1. The van der Waals surface area contributed by atoms with E-state index in [-0.39, 0.29) is 23.9 Å². The maximum absolute atomic E-state index is 13.3. The molecule has 0 radical (unpaired) electrons. The van der Waals surface area contributed by atoms with E-state index in [0.717, 1.165) is 22.7 Å². The quantitative estimate of drug-likeness (QED) is 0.762. The molecule has 2 aromatic carbocycles. The molecule has 1 amide bonds. The average molecular weight is 429 g/mol. The highest BCUT2D eigenvalue weighted by Gasteiger charge is 2.24. The topological polar surface area (TPSA) is 84.9 Å². The van der Waals surface area contributed by atoms with Crippen LogP contribution in [0.3, 0.4) is 0 Å². The van der Waals surface area contributed by atoms with Gasteiger partial charge in [-0.1, -0.05) is 23.7 Å². The number of anilines is 1. The number of para-hydroxylation sites is 2. The van der Waals surface area contributed by atoms with Gasteiger partial charge in [0.1, 0.15) is 25.1 Å². The number of carbonyl (C=O) groups excluding carboxylic acids is 1. The van der Waals surface area contributed by atoms with Crippen LogP contribution >= 0.6 is 11.6 Å². The Morgan fingerprint density at radius 1 is 1.29 bits per heavy atom. The monoisotopic (exact) mass is 428 g/mol. The highest BCUT2D eigenvalue weighted by atomic mass is 35.5. The number of fused-ring (bicyclic) bond motifs is 1. The zero-order chi connectivity index (χ0) is 20.3. The van der Waals surface area contributed by atoms with Crippen LogP contribution in [0.5, 0.6) is 11.5 Å². The number of hydrogen-bond acceptors (Lipinski definition) is 5. The fourth-order valence-electron chi connectivity index (χ4n) is 2.62. The molecule has 1 aliphatic heterocycles. The zero-order valence-corrected chi connectivity index (χ0v) is 16.5. The number of halogens is 2. The number of nitrogens with zero attached hydrogens (tertiary/aromatic N) is 1. The van der Waals surface area contributed by atoms with Crippen LogP contribution in [0.4, 0.5) is 10.1 Å². The van der Waals surface area contributed by atoms with Crippen molar-refractivity contribution in [3.8, 4) is 11.5 Å². The third-order valence-corrected chi connectivity index (χ3v) is 5.40. The molecule has 10 heteroatoms. The molecule has 1 N–H and O–H groups in total. The molecule has 0 spiro atoms. The minimum atomic E-state index is -3.79. The van der Waals surface area contributed by atoms with Crippen molar-refractivity contribution in [2.45, 2.75) is 6.10 Å². The first-order chi connectivity index (χ1) is 13.2. The van der Waals surface area contributed by atoms with Crippen molar-refractivity contribution in [2.75, 3.05) is 30.3 Å². The number of amides is 1. The molecule has 0 unspecified atom stereocenters. The number of rotatable bonds is 6. The summed E-state index contributed by atoms with van der Waals surface area (Å²) in [6.07, 6.45) is 0.540. The van der Waals surface area contributed by atoms with Crippen LogP contribution in [-0.4, -0.2) is 46.4 Å². The van der Waals surface area contributed by atoms with E-state index in [0.29, 0.717) is 11.5 Å². The molecule has 0 saturated carbocycles. The van der Waals surface area contributed by atoms with Gasteiger partial charge < -0.3 is 14.8 Å². The van der Waals surface area contributed by atoms with Gasteiger partial charge in [0.25, 0.3) is 0 Å². The lowest BCUT2D eigenvalue weighted by atomic mass is 10.2. The molecule has 3 rings (SSSR count). The smallest absolute Gasteiger partial charge is 0.240 e. The van der Waals surface area contributed by atoms with Gasteiger partial charge in [-0.3, -0.25) is 9.10 Å². The van der Waals surface area contributed by atoms with Crippen molar-refractivity contribution in [3.63, 3.8) is 0 Å². The molecule has 1 atom stereocenters. The van der Waals surface area contributed by atoms with Crippen molar-refractivity contribution in [1.29, 1.82) is 0 Å². The Kier molecular flexibility index (Phi) is 5.95. The predicted molar refractivity (Wildman–Crippen MR) is 103 cm³/mol. The lowest BCUT2D eigenvalue weighted by Gasteiger charge is -2.27. The number of ether oxygens (including phenoxy) is 2. The second kappa shape index (κ2) is 8.24. The van der Waals surface area contributed by atoms with E-state index in [4.69, 9.17) is 21.1 Å². The highest BCUT2D eigenvalue weighted by molar-refractivity contribution is 7.92. The Balaban J connectivity index is 1.62. The maximum atomic E-state index is 13.3. The van der Waals surface area contributed by atoms with Gasteiger partial charge in [-0.25, -0.2) is 12.8 Å². The molecular weight excluding hydrogens is 411 g/mol. The van der Waals surface area contributed by atoms with Crippen LogP contribution in [0.2, 0.25) is 5.02 Å². The van der Waals surface area contributed by atoms with Gasteiger partial charge in [0.15, 0.2) is 11.5 Å². The van der Waals surface area contributed by atoms with Crippen molar-refractivity contribution in [1.82, 2.24) is 5.32 Å². The van der Waals surface area contributed by atoms with Crippen LogP contribution in [0.15, 0.2) is 42.5 Å². The van der Waals surface area contributed by atoms with Crippen molar-refractivity contribution in [3.05, 3.63) is 53.3 Å². The second-order valence-electron chi connectivity index (χ2n) is 6.17. The van der Waals surface area contributed by atoms with Gasteiger partial charge >= 0.3 is 0 Å². The second-order valence-corrected chi connectivity index (χ2v) is 8.48. The summed E-state index contributed by atoms with van der Waals surface area (Å²) in [7, 11) is -3.79. The molecule has 0 aromatic heterocycles. The molecular formula is C18H18ClFN2O5S. The first-order valence-electron chi connectivity index (χ1n) is 8.32. The van der Waals surface area contributed by atoms with Crippen molar-refractivity contribution < 1.29 is 27.1 Å². The van der Waals surface area contributed by atoms with E-state index < -0.39 is 34.4 Å². The van der Waals surface area contributed by atoms with Crippen molar-refractivity contribution >= 4 is 33.2 Å². The van der Waals surface area contributed by atoms with Crippen molar-refractivity contribution in [2.24, 2.45) is 0 Å². The first-order valence-corrected chi connectivity index (χ1v) is 10.5. The van der Waals surface area contributed by atoms with Crippen LogP contribution < -0.4 is 19.1 Å². The Hall–Kier alpha value is -2.52. The molecule has 7 nitrogen and oxygen atoms in total. The van der Waals surface area contributed by atoms with E-state index >= 15 is 0 Å². The number of nitrogens with one attached hydrogen (secondary N) is 1. The summed E-state index contributed by atoms with van der Waals surface area (Å²) >= 11 is 5.72. The normalized spacial score (nSPS) is 15.8. The van der Waals surface area contributed by atoms with E-state index in [2.05, 4.69) is 5.32 Å². The average Bonchev–Trinajstić information content (AvgIpc) is 2.65. The molecule has 150 valence electrons. The summed E-state index contributed by atoms with van der Waals surface area (Å²) < 4.78 is 49.6. The van der Waals surface area contributed by atoms with Gasteiger partial charge in [0, 0.05) is 0 Å². The Morgan fingerprint density at radius 3 is 2.68 bits per heavy atom. The van der Waals surface area contributed by atoms with Gasteiger partial charge in [-0.05, 0) is 30.3 Å². The minimum absolute atomic E-state index is 0.0928. The molecule has 0 aliphatic carbocycles. The predicted octanol–water partition coefficient (Wildman–Crippen LogP) is 2.20. The van der Waals surface area contributed by atoms with Crippen LogP contribution in [-0.2, 0) is 14.8 Å². The fraction of sp³-hybridized carbons (Fsp3) is 0.278. The highest BCUT2D eigenvalue weighted by Crippen LogP contribution is 2.30. The van der Waals surface area contributed by atoms with E-state index in [1.54, 1.807) is 18.2 Å². The number of sulfonamides is 1. The van der Waals surface area contributed by atoms with E-state index in [1.807, 2.05) is 6.07 Å². The molecule has 2 aromatic rings. The van der Waals surface area contributed by atoms with Gasteiger partial charge in [0.05, 0.1) is 23.5 Å². The summed E-state index contributed by atoms with van der Waals surface area (Å²) in [5.41, 5.74) is 0.0928. The number of carbonyl (C=O) groups is 1. The van der Waals surface area contributed by atoms with Crippen LogP contribution in [0.25, 0.3) is 0 Å². The summed E-state index contributed by atoms with van der Waals surface area (Å²) in [6.45, 7) is -0.0967. The van der Waals surface area contributed by atoms with Gasteiger partial charge in [0.2, 0.25) is 15.9 Å². The van der Waals surface area contributed by atoms with Crippen LogP contribution in [0.1, 0.15) is 0 Å². The third kappa shape index (κ3) is 4.85. The van der Waals surface area contributed by atoms with E-state index in [9.17, 15) is 17.6 Å². The largest absolute Gasteiger partial charge is 0.486 e. The maximum Gasteiger partial charge on any atom is 0.240 e. The van der Waals surface area contributed by atoms with Gasteiger partial charge in [-0.15, -0.1) is 0 Å². The summed E-state index contributed by atoms with van der Waals surface area (Å²) in [4.78, 5) is 12.3. The minimum Gasteiger partial charge on any atom is -0.486 e. The summed E-state index contributed by atoms with van der Waals surface area (Å²) in [6, 6.07) is 10.6. The summed E-state index contributed by atoms with van der Waals surface area (Å²) in [5.74, 6) is -0.0281. The molecule has 0 saturated heterocycles. The molecule has 1 heterocycles. The Bertz CT molecular complexity index is 986. The van der Waals surface area contributed by atoms with Gasteiger partial charge in [-0.2, -0.15) is 0 Å². The molecule has 0 fully saturated rings. The Labute approximate surface area is 167 Å². The number of benzene rings is 2. The molecule has 28 heavy (non-hydrogen) atoms. The third-order valence-electron chi connectivity index (χ3n) is 3.97. The fourth-order valence-corrected chi connectivity index (χ4v) is 3.64. The lowest BCUT2D eigenvalue weighted by Crippen LogP contribution is -2.45. The lowest BCUT2D eigenvalue weighted by molar-refractivity contribution is -0.120. The first kappa shape index (κ1) is 20.2. The zero-order valence-electron chi connectivity index (χ0n) is 14.9. The summed E-state index contributed by atoms with van der Waals surface area (Å²) in [5, 5.41) is 2.39. The van der Waals surface area contributed by atoms with Crippen LogP contribution in [0, 0.1) is 5.82 Å². The SMILES string of the molecule is CS(=O)(=O)N(CC(=O)NC[C@H]1COc2ccccc2O1)c1ccc(F)c(Cl)c1. The number of hydrogen-bond donors (Lipinski definition) is 1. The Morgan fingerprint density at radius 2 is 2.00 bits per heavy atom. The van der Waals surface area contributed by atoms with E-state index in [1.165, 1.54) is 6.07 Å². The molecule has 1 aliphatic rings. The molecule has 0 bridgehead atoms.